The zero-order valence-electron chi connectivity index (χ0n) is 19.0. The van der Waals surface area contributed by atoms with Crippen molar-refractivity contribution in [3.8, 4) is 22.7 Å². The maximum atomic E-state index is 12.3. The molecule has 33 heavy (non-hydrogen) atoms. The van der Waals surface area contributed by atoms with Crippen LogP contribution < -0.4 is 4.74 Å². The molecule has 0 aliphatic heterocycles. The maximum absolute atomic E-state index is 12.3. The molecule has 0 N–H and O–H groups in total. The Morgan fingerprint density at radius 2 is 1.73 bits per heavy atom. The van der Waals surface area contributed by atoms with Gasteiger partial charge < -0.3 is 14.0 Å². The number of ether oxygens (including phenoxy) is 2. The fraction of sp³-hybridized carbons (Fsp3) is 0.179. The van der Waals surface area contributed by atoms with Crippen LogP contribution in [0.25, 0.3) is 16.9 Å². The summed E-state index contributed by atoms with van der Waals surface area (Å²) in [5.74, 6) is 0.461. The molecule has 0 radical (unpaired) electrons. The predicted octanol–water partition coefficient (Wildman–Crippen LogP) is 7.28. The van der Waals surface area contributed by atoms with Crippen molar-refractivity contribution in [3.05, 3.63) is 106 Å². The number of hydrogen-bond acceptors (Lipinski definition) is 3. The van der Waals surface area contributed by atoms with E-state index in [9.17, 15) is 4.79 Å². The topological polar surface area (TPSA) is 40.5 Å². The normalized spacial score (nSPS) is 10.8. The highest BCUT2D eigenvalue weighted by molar-refractivity contribution is 9.10. The molecule has 0 unspecified atom stereocenters. The average Bonchev–Trinajstić information content (AvgIpc) is 3.19. The van der Waals surface area contributed by atoms with Crippen molar-refractivity contribution in [2.45, 2.75) is 27.4 Å². The summed E-state index contributed by atoms with van der Waals surface area (Å²) in [6, 6.07) is 25.8. The smallest absolute Gasteiger partial charge is 0.338 e. The third-order valence-electron chi connectivity index (χ3n) is 5.57. The Morgan fingerprint density at radius 3 is 2.52 bits per heavy atom. The van der Waals surface area contributed by atoms with Gasteiger partial charge in [-0.25, -0.2) is 4.79 Å². The largest absolute Gasteiger partial charge is 0.488 e. The average molecular weight is 504 g/mol. The summed E-state index contributed by atoms with van der Waals surface area (Å²) in [5, 5.41) is 0. The van der Waals surface area contributed by atoms with Crippen molar-refractivity contribution in [2.24, 2.45) is 0 Å². The molecular weight excluding hydrogens is 478 g/mol. The molecule has 0 spiro atoms. The summed E-state index contributed by atoms with van der Waals surface area (Å²) < 4.78 is 14.6. The second kappa shape index (κ2) is 10.1. The van der Waals surface area contributed by atoms with E-state index >= 15 is 0 Å². The van der Waals surface area contributed by atoms with E-state index in [1.807, 2.05) is 55.5 Å². The first kappa shape index (κ1) is 22.9. The van der Waals surface area contributed by atoms with Gasteiger partial charge in [-0.05, 0) is 90.3 Å². The molecule has 3 aromatic carbocycles. The van der Waals surface area contributed by atoms with Gasteiger partial charge in [0, 0.05) is 15.9 Å². The predicted molar refractivity (Wildman–Crippen MR) is 135 cm³/mol. The van der Waals surface area contributed by atoms with E-state index in [1.54, 1.807) is 13.0 Å². The summed E-state index contributed by atoms with van der Waals surface area (Å²) in [6.45, 7) is 6.77. The van der Waals surface area contributed by atoms with E-state index in [-0.39, 0.29) is 5.97 Å². The van der Waals surface area contributed by atoms with Crippen LogP contribution in [0.1, 0.15) is 34.1 Å². The number of esters is 1. The number of halogens is 1. The van der Waals surface area contributed by atoms with Crippen LogP contribution >= 0.6 is 15.9 Å². The van der Waals surface area contributed by atoms with Gasteiger partial charge in [-0.3, -0.25) is 0 Å². The quantitative estimate of drug-likeness (QED) is 0.249. The van der Waals surface area contributed by atoms with Crippen LogP contribution in [-0.4, -0.2) is 17.1 Å². The summed E-state index contributed by atoms with van der Waals surface area (Å²) in [5.41, 5.74) is 6.74. The number of carbonyl (C=O) groups excluding carboxylic acids is 1. The Labute approximate surface area is 202 Å². The molecule has 4 nitrogen and oxygen atoms in total. The molecule has 1 aromatic heterocycles. The van der Waals surface area contributed by atoms with Crippen LogP contribution in [-0.2, 0) is 11.3 Å². The Kier molecular flexibility index (Phi) is 6.99. The van der Waals surface area contributed by atoms with E-state index in [0.29, 0.717) is 18.8 Å². The molecule has 0 fully saturated rings. The van der Waals surface area contributed by atoms with Gasteiger partial charge in [0.25, 0.3) is 0 Å². The standard InChI is InChI=1S/C28H26BrNO3/c1-4-32-28(31)21-11-7-12-23(17-21)30-20(3)15-16-25(30)27-24(29)13-8-14-26(27)33-18-22-10-6-5-9-19(22)2/h5-17H,4,18H2,1-3H3. The van der Waals surface area contributed by atoms with Gasteiger partial charge in [0.1, 0.15) is 12.4 Å². The van der Waals surface area contributed by atoms with Crippen molar-refractivity contribution in [3.63, 3.8) is 0 Å². The molecule has 4 aromatic rings. The van der Waals surface area contributed by atoms with Crippen molar-refractivity contribution < 1.29 is 14.3 Å². The van der Waals surface area contributed by atoms with Crippen LogP contribution in [0.3, 0.4) is 0 Å². The number of hydrogen-bond donors (Lipinski definition) is 0. The Hall–Kier alpha value is -3.31. The third kappa shape index (κ3) is 4.88. The highest BCUT2D eigenvalue weighted by atomic mass is 79.9. The van der Waals surface area contributed by atoms with E-state index in [2.05, 4.69) is 51.7 Å². The van der Waals surface area contributed by atoms with Crippen molar-refractivity contribution in [1.82, 2.24) is 4.57 Å². The van der Waals surface area contributed by atoms with Gasteiger partial charge >= 0.3 is 5.97 Å². The van der Waals surface area contributed by atoms with E-state index in [0.717, 1.165) is 38.4 Å². The lowest BCUT2D eigenvalue weighted by Gasteiger charge is -2.18. The minimum atomic E-state index is -0.325. The number of carbonyl (C=O) groups is 1. The lowest BCUT2D eigenvalue weighted by Crippen LogP contribution is -2.07. The molecule has 5 heteroatoms. The van der Waals surface area contributed by atoms with Crippen LogP contribution in [0.4, 0.5) is 0 Å². The molecule has 0 bridgehead atoms. The minimum Gasteiger partial charge on any atom is -0.488 e. The van der Waals surface area contributed by atoms with Crippen LogP contribution in [0, 0.1) is 13.8 Å². The zero-order chi connectivity index (χ0) is 23.4. The third-order valence-corrected chi connectivity index (χ3v) is 6.23. The molecule has 0 atom stereocenters. The minimum absolute atomic E-state index is 0.325. The van der Waals surface area contributed by atoms with Crippen LogP contribution in [0.5, 0.6) is 5.75 Å². The number of benzene rings is 3. The second-order valence-corrected chi connectivity index (χ2v) is 8.65. The molecule has 0 aliphatic carbocycles. The first-order valence-electron chi connectivity index (χ1n) is 10.9. The lowest BCUT2D eigenvalue weighted by molar-refractivity contribution is 0.0526. The number of aryl methyl sites for hydroxylation is 2. The molecule has 0 amide bonds. The van der Waals surface area contributed by atoms with E-state index < -0.39 is 0 Å². The molecule has 168 valence electrons. The maximum Gasteiger partial charge on any atom is 0.338 e. The SMILES string of the molecule is CCOC(=O)c1cccc(-n2c(C)ccc2-c2c(Br)cccc2OCc2ccccc2C)c1. The molecular formula is C28H26BrNO3. The van der Waals surface area contributed by atoms with E-state index in [4.69, 9.17) is 9.47 Å². The summed E-state index contributed by atoms with van der Waals surface area (Å²) >= 11 is 3.73. The van der Waals surface area contributed by atoms with Crippen molar-refractivity contribution in [2.75, 3.05) is 6.61 Å². The fourth-order valence-corrected chi connectivity index (χ4v) is 4.41. The van der Waals surface area contributed by atoms with Gasteiger partial charge in [-0.15, -0.1) is 0 Å². The fourth-order valence-electron chi connectivity index (χ4n) is 3.86. The van der Waals surface area contributed by atoms with Crippen molar-refractivity contribution in [1.29, 1.82) is 0 Å². The highest BCUT2D eigenvalue weighted by Gasteiger charge is 2.18. The van der Waals surface area contributed by atoms with E-state index in [1.165, 1.54) is 5.56 Å². The Morgan fingerprint density at radius 1 is 0.939 bits per heavy atom. The van der Waals surface area contributed by atoms with Gasteiger partial charge in [-0.1, -0.05) is 36.4 Å². The monoisotopic (exact) mass is 503 g/mol. The number of rotatable bonds is 7. The zero-order valence-corrected chi connectivity index (χ0v) is 20.6. The molecule has 0 saturated heterocycles. The lowest BCUT2D eigenvalue weighted by atomic mass is 10.1. The van der Waals surface area contributed by atoms with Crippen molar-refractivity contribution >= 4 is 21.9 Å². The van der Waals surface area contributed by atoms with Gasteiger partial charge in [0.05, 0.1) is 23.4 Å². The Balaban J connectivity index is 1.76. The van der Waals surface area contributed by atoms with Crippen LogP contribution in [0.2, 0.25) is 0 Å². The van der Waals surface area contributed by atoms with Gasteiger partial charge in [-0.2, -0.15) is 0 Å². The molecule has 0 aliphatic rings. The number of nitrogens with zero attached hydrogens (tertiary/aromatic N) is 1. The molecule has 1 heterocycles. The van der Waals surface area contributed by atoms with Crippen LogP contribution in [0.15, 0.2) is 83.3 Å². The first-order valence-corrected chi connectivity index (χ1v) is 11.7. The number of aromatic nitrogens is 1. The molecule has 0 saturated carbocycles. The highest BCUT2D eigenvalue weighted by Crippen LogP contribution is 2.39. The molecule has 4 rings (SSSR count). The summed E-state index contributed by atoms with van der Waals surface area (Å²) in [6.07, 6.45) is 0. The summed E-state index contributed by atoms with van der Waals surface area (Å²) in [7, 11) is 0. The van der Waals surface area contributed by atoms with Gasteiger partial charge in [0.2, 0.25) is 0 Å². The summed E-state index contributed by atoms with van der Waals surface area (Å²) in [4.78, 5) is 12.3. The second-order valence-electron chi connectivity index (χ2n) is 7.79. The Bertz CT molecular complexity index is 1290. The van der Waals surface area contributed by atoms with Gasteiger partial charge in [0.15, 0.2) is 0 Å². The first-order chi connectivity index (χ1) is 16.0.